The van der Waals surface area contributed by atoms with Crippen molar-refractivity contribution < 1.29 is 27.8 Å². The molecular formula is C24H34F3N5O3. The minimum atomic E-state index is -4.43. The summed E-state index contributed by atoms with van der Waals surface area (Å²) < 4.78 is 48.3. The molecule has 1 aromatic carbocycles. The second-order valence-electron chi connectivity index (χ2n) is 9.31. The largest absolute Gasteiger partial charge is 0.416 e. The van der Waals surface area contributed by atoms with E-state index in [1.807, 2.05) is 6.92 Å². The van der Waals surface area contributed by atoms with Gasteiger partial charge in [0.1, 0.15) is 0 Å². The lowest BCUT2D eigenvalue weighted by Crippen LogP contribution is -2.47. The lowest BCUT2D eigenvalue weighted by molar-refractivity contribution is -0.138. The molecule has 1 amide bonds. The Bertz CT molecular complexity index is 968. The Morgan fingerprint density at radius 1 is 1.31 bits per heavy atom. The van der Waals surface area contributed by atoms with Gasteiger partial charge in [0.05, 0.1) is 42.8 Å². The lowest BCUT2D eigenvalue weighted by Gasteiger charge is -2.35. The van der Waals surface area contributed by atoms with Gasteiger partial charge in [-0.05, 0) is 32.0 Å². The molecule has 194 valence electrons. The van der Waals surface area contributed by atoms with Gasteiger partial charge in [0.25, 0.3) is 0 Å². The molecule has 0 fully saturated rings. The number of alkyl halides is 3. The van der Waals surface area contributed by atoms with E-state index in [9.17, 15) is 23.1 Å². The van der Waals surface area contributed by atoms with Crippen LogP contribution in [0.2, 0.25) is 0 Å². The number of nitrogens with zero attached hydrogens (tertiary/aromatic N) is 5. The summed E-state index contributed by atoms with van der Waals surface area (Å²) >= 11 is 0. The summed E-state index contributed by atoms with van der Waals surface area (Å²) in [6.07, 6.45) is -2.29. The molecule has 0 saturated carbocycles. The van der Waals surface area contributed by atoms with E-state index in [0.717, 1.165) is 11.8 Å². The average Bonchev–Trinajstić information content (AvgIpc) is 3.25. The van der Waals surface area contributed by atoms with Crippen molar-refractivity contribution in [3.05, 3.63) is 47.3 Å². The van der Waals surface area contributed by atoms with Gasteiger partial charge in [0.2, 0.25) is 5.91 Å². The van der Waals surface area contributed by atoms with Crippen molar-refractivity contribution in [1.29, 1.82) is 0 Å². The number of aliphatic hydroxyl groups is 1. The maximum absolute atomic E-state index is 13.5. The number of hydrogen-bond acceptors (Lipinski definition) is 6. The summed E-state index contributed by atoms with van der Waals surface area (Å²) in [5, 5.41) is 17.7. The van der Waals surface area contributed by atoms with Crippen LogP contribution in [0.3, 0.4) is 0 Å². The first-order valence-electron chi connectivity index (χ1n) is 11.8. The molecule has 3 rings (SSSR count). The molecule has 35 heavy (non-hydrogen) atoms. The Labute approximate surface area is 203 Å². The standard InChI is InChI=1S/C24H34F3N5O3/c1-17-12-31(18(2)15-33)23(34)9-6-10-32-20(11-28-29-32)16-35-22(17)14-30(3)13-19-7-4-5-8-21(19)24(25,26)27/h4-5,7-8,11,17-18,22,33H,6,9-10,12-16H2,1-3H3/t17-,18+,22+/m1/s1. The SMILES string of the molecule is C[C@@H]1CN([C@@H](C)CO)C(=O)CCCn2nncc2CO[C@H]1CN(C)Cc1ccccc1C(F)(F)F. The third-order valence-electron chi connectivity index (χ3n) is 6.39. The number of rotatable bonds is 6. The fourth-order valence-electron chi connectivity index (χ4n) is 4.34. The van der Waals surface area contributed by atoms with E-state index in [1.54, 1.807) is 40.7 Å². The second kappa shape index (κ2) is 12.0. The normalized spacial score (nSPS) is 21.4. The number of amides is 1. The highest BCUT2D eigenvalue weighted by atomic mass is 19.4. The van der Waals surface area contributed by atoms with Gasteiger partial charge >= 0.3 is 6.18 Å². The number of carbonyl (C=O) groups is 1. The molecule has 1 aliphatic heterocycles. The van der Waals surface area contributed by atoms with E-state index in [4.69, 9.17) is 4.74 Å². The van der Waals surface area contributed by atoms with Crippen LogP contribution in [0.5, 0.6) is 0 Å². The molecule has 1 N–H and O–H groups in total. The molecule has 0 bridgehead atoms. The molecule has 1 aromatic heterocycles. The monoisotopic (exact) mass is 497 g/mol. The van der Waals surface area contributed by atoms with Crippen molar-refractivity contribution in [2.45, 2.75) is 64.7 Å². The molecule has 3 atom stereocenters. The number of benzene rings is 1. The molecule has 0 radical (unpaired) electrons. The zero-order valence-corrected chi connectivity index (χ0v) is 20.4. The number of ether oxygens (including phenoxy) is 1. The number of carbonyl (C=O) groups excluding carboxylic acids is 1. The Morgan fingerprint density at radius 2 is 2.06 bits per heavy atom. The van der Waals surface area contributed by atoms with Crippen LogP contribution in [-0.4, -0.2) is 74.7 Å². The molecule has 2 aromatic rings. The fourth-order valence-corrected chi connectivity index (χ4v) is 4.34. The first kappa shape index (κ1) is 27.1. The average molecular weight is 498 g/mol. The quantitative estimate of drug-likeness (QED) is 0.661. The molecule has 11 heteroatoms. The van der Waals surface area contributed by atoms with E-state index >= 15 is 0 Å². The van der Waals surface area contributed by atoms with Gasteiger partial charge in [-0.3, -0.25) is 9.69 Å². The van der Waals surface area contributed by atoms with E-state index in [-0.39, 0.29) is 49.3 Å². The molecule has 0 spiro atoms. The molecule has 0 saturated heterocycles. The van der Waals surface area contributed by atoms with Crippen molar-refractivity contribution in [2.24, 2.45) is 5.92 Å². The maximum atomic E-state index is 13.5. The summed E-state index contributed by atoms with van der Waals surface area (Å²) in [7, 11) is 1.75. The number of halogens is 3. The lowest BCUT2D eigenvalue weighted by atomic mass is 10.0. The summed E-state index contributed by atoms with van der Waals surface area (Å²) in [5.74, 6) is -0.205. The van der Waals surface area contributed by atoms with Crippen LogP contribution in [0.15, 0.2) is 30.5 Å². The van der Waals surface area contributed by atoms with Crippen molar-refractivity contribution >= 4 is 5.91 Å². The Hall–Kier alpha value is -2.50. The predicted molar refractivity (Wildman–Crippen MR) is 123 cm³/mol. The number of aryl methyl sites for hydroxylation is 1. The highest BCUT2D eigenvalue weighted by Crippen LogP contribution is 2.32. The zero-order chi connectivity index (χ0) is 25.6. The first-order valence-corrected chi connectivity index (χ1v) is 11.8. The van der Waals surface area contributed by atoms with Crippen LogP contribution in [-0.2, 0) is 35.4 Å². The zero-order valence-electron chi connectivity index (χ0n) is 20.4. The predicted octanol–water partition coefficient (Wildman–Crippen LogP) is 2.95. The molecular weight excluding hydrogens is 463 g/mol. The van der Waals surface area contributed by atoms with Gasteiger partial charge in [-0.2, -0.15) is 13.2 Å². The fraction of sp³-hybridized carbons (Fsp3) is 0.625. The van der Waals surface area contributed by atoms with Crippen LogP contribution in [0, 0.1) is 5.92 Å². The maximum Gasteiger partial charge on any atom is 0.416 e. The van der Waals surface area contributed by atoms with Gasteiger partial charge in [-0.1, -0.05) is 30.3 Å². The first-order chi connectivity index (χ1) is 16.6. The number of aliphatic hydroxyl groups excluding tert-OH is 1. The Kier molecular flexibility index (Phi) is 9.26. The molecule has 0 aliphatic carbocycles. The Morgan fingerprint density at radius 3 is 2.77 bits per heavy atom. The van der Waals surface area contributed by atoms with Gasteiger partial charge in [-0.15, -0.1) is 5.10 Å². The van der Waals surface area contributed by atoms with Crippen LogP contribution < -0.4 is 0 Å². The van der Waals surface area contributed by atoms with Gasteiger partial charge in [0.15, 0.2) is 0 Å². The number of aromatic nitrogens is 3. The molecule has 2 heterocycles. The van der Waals surface area contributed by atoms with Gasteiger partial charge in [-0.25, -0.2) is 4.68 Å². The van der Waals surface area contributed by atoms with Crippen molar-refractivity contribution in [3.8, 4) is 0 Å². The third-order valence-corrected chi connectivity index (χ3v) is 6.39. The summed E-state index contributed by atoms with van der Waals surface area (Å²) in [6, 6.07) is 5.20. The summed E-state index contributed by atoms with van der Waals surface area (Å²) in [6.45, 7) is 5.16. The van der Waals surface area contributed by atoms with Crippen molar-refractivity contribution in [1.82, 2.24) is 24.8 Å². The molecule has 8 nitrogen and oxygen atoms in total. The Balaban J connectivity index is 1.81. The highest BCUT2D eigenvalue weighted by molar-refractivity contribution is 5.76. The van der Waals surface area contributed by atoms with Crippen LogP contribution in [0.4, 0.5) is 13.2 Å². The third kappa shape index (κ3) is 7.25. The van der Waals surface area contributed by atoms with Crippen LogP contribution in [0.1, 0.15) is 43.5 Å². The second-order valence-corrected chi connectivity index (χ2v) is 9.31. The van der Waals surface area contributed by atoms with E-state index < -0.39 is 11.7 Å². The van der Waals surface area contributed by atoms with E-state index in [1.165, 1.54) is 12.1 Å². The molecule has 0 unspecified atom stereocenters. The van der Waals surface area contributed by atoms with E-state index in [0.29, 0.717) is 32.5 Å². The van der Waals surface area contributed by atoms with Gasteiger partial charge in [0, 0.05) is 38.5 Å². The number of fused-ring (bicyclic) bond motifs is 1. The van der Waals surface area contributed by atoms with E-state index in [2.05, 4.69) is 10.3 Å². The molecule has 1 aliphatic rings. The summed E-state index contributed by atoms with van der Waals surface area (Å²) in [5.41, 5.74) is 0.320. The minimum Gasteiger partial charge on any atom is -0.394 e. The van der Waals surface area contributed by atoms with Crippen LogP contribution >= 0.6 is 0 Å². The smallest absolute Gasteiger partial charge is 0.394 e. The number of likely N-dealkylation sites (N-methyl/N-ethyl adjacent to an activating group) is 1. The van der Waals surface area contributed by atoms with Crippen LogP contribution in [0.25, 0.3) is 0 Å². The van der Waals surface area contributed by atoms with Crippen molar-refractivity contribution in [3.63, 3.8) is 0 Å². The van der Waals surface area contributed by atoms with Gasteiger partial charge < -0.3 is 14.7 Å². The summed E-state index contributed by atoms with van der Waals surface area (Å²) in [4.78, 5) is 16.4. The topological polar surface area (TPSA) is 83.7 Å². The van der Waals surface area contributed by atoms with Crippen molar-refractivity contribution in [2.75, 3.05) is 26.7 Å². The highest BCUT2D eigenvalue weighted by Gasteiger charge is 2.33. The number of hydrogen-bond donors (Lipinski definition) is 1. The minimum absolute atomic E-state index is 0.0631.